The number of hydrogen-bond acceptors (Lipinski definition) is 0. The highest BCUT2D eigenvalue weighted by atomic mass is 14.3. The molecule has 10 heavy (non-hydrogen) atoms. The Hall–Kier alpha value is -0.780. The monoisotopic (exact) mass is 132 g/mol. The molecule has 0 saturated carbocycles. The largest absolute Gasteiger partial charge is 0.0561 e. The van der Waals surface area contributed by atoms with E-state index < -0.39 is 0 Å². The van der Waals surface area contributed by atoms with E-state index in [1.165, 1.54) is 16.7 Å². The summed E-state index contributed by atoms with van der Waals surface area (Å²) in [5, 5.41) is 0. The molecule has 0 saturated heterocycles. The summed E-state index contributed by atoms with van der Waals surface area (Å²) in [5.74, 6) is 0. The molecule has 52 valence electrons. The van der Waals surface area contributed by atoms with Crippen molar-refractivity contribution in [3.05, 3.63) is 23.8 Å². The Morgan fingerprint density at radius 1 is 0.900 bits per heavy atom. The third-order valence-corrected chi connectivity index (χ3v) is 2.05. The molecule has 0 fully saturated rings. The van der Waals surface area contributed by atoms with Gasteiger partial charge in [-0.3, -0.25) is 0 Å². The average Bonchev–Trinajstić information content (AvgIpc) is 2.38. The highest BCUT2D eigenvalue weighted by Gasteiger charge is 2.21. The van der Waals surface area contributed by atoms with Crippen LogP contribution in [0.1, 0.15) is 26.3 Å². The van der Waals surface area contributed by atoms with Gasteiger partial charge in [0, 0.05) is 0 Å². The van der Waals surface area contributed by atoms with E-state index in [9.17, 15) is 0 Å². The molecule has 0 aliphatic heterocycles. The van der Waals surface area contributed by atoms with Crippen molar-refractivity contribution >= 4 is 0 Å². The Labute approximate surface area is 61.9 Å². The molecule has 2 aliphatic rings. The van der Waals surface area contributed by atoms with Gasteiger partial charge in [0.2, 0.25) is 0 Å². The topological polar surface area (TPSA) is 0 Å². The van der Waals surface area contributed by atoms with Crippen LogP contribution >= 0.6 is 0 Å². The molecular formula is C10H12. The molecule has 0 nitrogen and oxygen atoms in total. The van der Waals surface area contributed by atoms with Gasteiger partial charge in [0.05, 0.1) is 0 Å². The van der Waals surface area contributed by atoms with Gasteiger partial charge in [-0.15, -0.1) is 0 Å². The number of benzene rings is 1. The highest BCUT2D eigenvalue weighted by molar-refractivity contribution is 5.82. The lowest BCUT2D eigenvalue weighted by Gasteiger charge is -2.16. The fourth-order valence-corrected chi connectivity index (χ4v) is 1.19. The summed E-state index contributed by atoms with van der Waals surface area (Å²) < 4.78 is 0. The van der Waals surface area contributed by atoms with E-state index >= 15 is 0 Å². The minimum Gasteiger partial charge on any atom is -0.0561 e. The fraction of sp³-hybridized carbons (Fsp3) is 0.400. The number of hydrogen-bond donors (Lipinski definition) is 0. The van der Waals surface area contributed by atoms with Gasteiger partial charge in [-0.05, 0) is 28.2 Å². The molecule has 0 atom stereocenters. The van der Waals surface area contributed by atoms with Crippen molar-refractivity contribution in [2.45, 2.75) is 26.2 Å². The van der Waals surface area contributed by atoms with Gasteiger partial charge in [0.1, 0.15) is 0 Å². The number of rotatable bonds is 0. The van der Waals surface area contributed by atoms with Crippen molar-refractivity contribution in [3.63, 3.8) is 0 Å². The first-order valence-corrected chi connectivity index (χ1v) is 3.73. The zero-order valence-electron chi connectivity index (χ0n) is 6.73. The molecule has 0 aromatic heterocycles. The summed E-state index contributed by atoms with van der Waals surface area (Å²) in [6.45, 7) is 6.75. The molecule has 0 unspecified atom stereocenters. The second kappa shape index (κ2) is 1.45. The van der Waals surface area contributed by atoms with Gasteiger partial charge in [0.15, 0.2) is 0 Å². The first-order chi connectivity index (χ1) is 4.57. The van der Waals surface area contributed by atoms with Crippen molar-refractivity contribution in [1.82, 2.24) is 0 Å². The van der Waals surface area contributed by atoms with Crippen LogP contribution in [0.25, 0.3) is 11.1 Å². The standard InChI is InChI=1S/C10H12/c1-10(2,3)9-5-7-4-8(7)6-9/h4-6H,1-3H3. The molecule has 0 radical (unpaired) electrons. The van der Waals surface area contributed by atoms with Gasteiger partial charge in [0.25, 0.3) is 0 Å². The van der Waals surface area contributed by atoms with E-state index in [2.05, 4.69) is 39.0 Å². The molecule has 0 N–H and O–H groups in total. The summed E-state index contributed by atoms with van der Waals surface area (Å²) >= 11 is 0. The second-order valence-corrected chi connectivity index (χ2v) is 4.05. The van der Waals surface area contributed by atoms with Crippen LogP contribution in [0.5, 0.6) is 0 Å². The van der Waals surface area contributed by atoms with Gasteiger partial charge in [-0.1, -0.05) is 32.9 Å². The van der Waals surface area contributed by atoms with E-state index in [1.807, 2.05) is 0 Å². The molecule has 0 heterocycles. The van der Waals surface area contributed by atoms with Crippen LogP contribution in [-0.2, 0) is 5.41 Å². The van der Waals surface area contributed by atoms with E-state index in [4.69, 9.17) is 0 Å². The number of fused-ring (bicyclic) bond motifs is 1. The molecule has 0 aromatic rings. The molecule has 2 rings (SSSR count). The third kappa shape index (κ3) is 0.756. The minimum absolute atomic E-state index is 0.335. The molecular weight excluding hydrogens is 120 g/mol. The predicted molar refractivity (Wildman–Crippen MR) is 44.1 cm³/mol. The Balaban J connectivity index is 2.41. The summed E-state index contributed by atoms with van der Waals surface area (Å²) in [6.07, 6.45) is 0. The van der Waals surface area contributed by atoms with E-state index in [0.717, 1.165) is 0 Å². The van der Waals surface area contributed by atoms with Crippen molar-refractivity contribution in [1.29, 1.82) is 0 Å². The van der Waals surface area contributed by atoms with Gasteiger partial charge < -0.3 is 0 Å². The smallest absolute Gasteiger partial charge is 0.0131 e. The van der Waals surface area contributed by atoms with Crippen LogP contribution in [0.2, 0.25) is 0 Å². The molecule has 2 aliphatic carbocycles. The lowest BCUT2D eigenvalue weighted by Crippen LogP contribution is -2.08. The first-order valence-electron chi connectivity index (χ1n) is 3.73. The first kappa shape index (κ1) is 5.96. The van der Waals surface area contributed by atoms with Gasteiger partial charge >= 0.3 is 0 Å². The SMILES string of the molecule is CC(C)(C)c1cc2cc-2c1. The lowest BCUT2D eigenvalue weighted by atomic mass is 9.89. The van der Waals surface area contributed by atoms with Crippen molar-refractivity contribution < 1.29 is 0 Å². The molecule has 0 aromatic carbocycles. The van der Waals surface area contributed by atoms with Crippen LogP contribution < -0.4 is 0 Å². The maximum Gasteiger partial charge on any atom is -0.0131 e. The Morgan fingerprint density at radius 3 is 1.70 bits per heavy atom. The van der Waals surface area contributed by atoms with Crippen LogP contribution in [-0.4, -0.2) is 0 Å². The van der Waals surface area contributed by atoms with Crippen molar-refractivity contribution in [2.24, 2.45) is 0 Å². The van der Waals surface area contributed by atoms with Crippen molar-refractivity contribution in [2.75, 3.05) is 0 Å². The van der Waals surface area contributed by atoms with Gasteiger partial charge in [-0.2, -0.15) is 0 Å². The zero-order chi connectivity index (χ0) is 7.35. The lowest BCUT2D eigenvalue weighted by molar-refractivity contribution is 0.592. The van der Waals surface area contributed by atoms with Crippen LogP contribution in [0.4, 0.5) is 0 Å². The Morgan fingerprint density at radius 2 is 1.40 bits per heavy atom. The van der Waals surface area contributed by atoms with E-state index in [0.29, 0.717) is 5.41 Å². The van der Waals surface area contributed by atoms with E-state index in [-0.39, 0.29) is 0 Å². The third-order valence-electron chi connectivity index (χ3n) is 2.05. The van der Waals surface area contributed by atoms with Crippen LogP contribution in [0.15, 0.2) is 18.2 Å². The predicted octanol–water partition coefficient (Wildman–Crippen LogP) is 2.96. The molecule has 0 bridgehead atoms. The fourth-order valence-electron chi connectivity index (χ4n) is 1.19. The zero-order valence-corrected chi connectivity index (χ0v) is 6.73. The van der Waals surface area contributed by atoms with E-state index in [1.54, 1.807) is 0 Å². The normalized spacial score (nSPS) is 13.5. The van der Waals surface area contributed by atoms with Gasteiger partial charge in [-0.25, -0.2) is 0 Å². The molecule has 0 heteroatoms. The Bertz CT molecular complexity index is 256. The van der Waals surface area contributed by atoms with Crippen LogP contribution in [0.3, 0.4) is 0 Å². The van der Waals surface area contributed by atoms with Crippen molar-refractivity contribution in [3.8, 4) is 11.1 Å². The average molecular weight is 132 g/mol. The van der Waals surface area contributed by atoms with Crippen LogP contribution in [0, 0.1) is 0 Å². The summed E-state index contributed by atoms with van der Waals surface area (Å²) in [4.78, 5) is 0. The summed E-state index contributed by atoms with van der Waals surface area (Å²) in [6, 6.07) is 6.79. The quantitative estimate of drug-likeness (QED) is 0.517. The highest BCUT2D eigenvalue weighted by Crippen LogP contribution is 2.40. The maximum absolute atomic E-state index is 2.29. The maximum atomic E-state index is 2.29. The molecule has 0 amide bonds. The molecule has 0 spiro atoms. The summed E-state index contributed by atoms with van der Waals surface area (Å²) in [5.41, 5.74) is 4.70. The Kier molecular flexibility index (Phi) is 0.862. The summed E-state index contributed by atoms with van der Waals surface area (Å²) in [7, 11) is 0. The minimum atomic E-state index is 0.335. The second-order valence-electron chi connectivity index (χ2n) is 4.05.